The first kappa shape index (κ1) is 76.3. The fourth-order valence-corrected chi connectivity index (χ4v) is 11.3. The third kappa shape index (κ3) is 63.5. The lowest BCUT2D eigenvalue weighted by molar-refractivity contribution is -0.143. The maximum atomic E-state index is 12.5. The monoisotopic (exact) mass is 1100 g/mol. The van der Waals surface area contributed by atoms with Gasteiger partial charge in [-0.15, -0.1) is 0 Å². The van der Waals surface area contributed by atoms with Crippen molar-refractivity contribution in [2.45, 2.75) is 411 Å². The smallest absolute Gasteiger partial charge is 0.305 e. The second kappa shape index (κ2) is 67.8. The number of unbranched alkanes of at least 4 members (excludes halogenated alkanes) is 54. The van der Waals surface area contributed by atoms with Crippen LogP contribution in [-0.4, -0.2) is 47.4 Å². The average molecular weight is 1100 g/mol. The van der Waals surface area contributed by atoms with Crippen LogP contribution in [0.3, 0.4) is 0 Å². The van der Waals surface area contributed by atoms with Crippen molar-refractivity contribution in [2.24, 2.45) is 0 Å². The lowest BCUT2D eigenvalue weighted by atomic mass is 10.0. The molecule has 0 aromatic heterocycles. The summed E-state index contributed by atoms with van der Waals surface area (Å²) in [6.07, 6.45) is 85.5. The summed E-state index contributed by atoms with van der Waals surface area (Å²) in [6, 6.07) is -0.626. The summed E-state index contributed by atoms with van der Waals surface area (Å²) in [5.74, 6) is -0.0439. The molecular formula is C72H139NO5. The summed E-state index contributed by atoms with van der Waals surface area (Å²) < 4.78 is 5.51. The molecule has 0 bridgehead atoms. The van der Waals surface area contributed by atoms with Crippen molar-refractivity contribution in [1.82, 2.24) is 5.32 Å². The predicted octanol–water partition coefficient (Wildman–Crippen LogP) is 22.9. The number of nitrogens with one attached hydrogen (secondary N) is 1. The van der Waals surface area contributed by atoms with E-state index >= 15 is 0 Å². The van der Waals surface area contributed by atoms with Crippen molar-refractivity contribution in [1.29, 1.82) is 0 Å². The van der Waals surface area contributed by atoms with Gasteiger partial charge in [0.1, 0.15) is 0 Å². The Kier molecular flexibility index (Phi) is 66.4. The molecule has 1 amide bonds. The normalized spacial score (nSPS) is 12.6. The molecule has 0 aromatic rings. The Balaban J connectivity index is 3.36. The molecular weight excluding hydrogens is 959 g/mol. The highest BCUT2D eigenvalue weighted by Crippen LogP contribution is 2.19. The highest BCUT2D eigenvalue weighted by Gasteiger charge is 2.18. The minimum atomic E-state index is -0.843. The van der Waals surface area contributed by atoms with Gasteiger partial charge in [-0.3, -0.25) is 9.59 Å². The molecule has 6 nitrogen and oxygen atoms in total. The molecule has 3 N–H and O–H groups in total. The number of carbonyl (C=O) groups is 2. The summed E-state index contributed by atoms with van der Waals surface area (Å²) >= 11 is 0. The van der Waals surface area contributed by atoms with Crippen LogP contribution in [0.25, 0.3) is 0 Å². The maximum Gasteiger partial charge on any atom is 0.305 e. The molecule has 0 aromatic carbocycles. The van der Waals surface area contributed by atoms with E-state index in [9.17, 15) is 19.8 Å². The van der Waals surface area contributed by atoms with Crippen molar-refractivity contribution >= 4 is 11.9 Å². The SMILES string of the molecule is CCCCCCCCCCCCCC/C=C/C(O)C(CO)NC(=O)CCCCCCCCCCCCCCC/C=C\CCCCCCCCCCCCCCOC(=O)CCCCCCCCCCCCCCCCCCCC. The Morgan fingerprint density at radius 1 is 0.346 bits per heavy atom. The van der Waals surface area contributed by atoms with Gasteiger partial charge in [0.15, 0.2) is 0 Å². The van der Waals surface area contributed by atoms with E-state index in [0.29, 0.717) is 19.4 Å². The van der Waals surface area contributed by atoms with Crippen LogP contribution < -0.4 is 5.32 Å². The molecule has 2 atom stereocenters. The molecule has 0 saturated carbocycles. The van der Waals surface area contributed by atoms with Gasteiger partial charge in [0.05, 0.1) is 25.4 Å². The number of hydrogen-bond acceptors (Lipinski definition) is 5. The second-order valence-corrected chi connectivity index (χ2v) is 24.6. The van der Waals surface area contributed by atoms with Gasteiger partial charge in [-0.1, -0.05) is 353 Å². The average Bonchev–Trinajstić information content (AvgIpc) is 3.44. The van der Waals surface area contributed by atoms with Gasteiger partial charge in [0, 0.05) is 12.8 Å². The number of aliphatic hydroxyl groups is 2. The second-order valence-electron chi connectivity index (χ2n) is 24.6. The zero-order valence-corrected chi connectivity index (χ0v) is 52.9. The Morgan fingerprint density at radius 2 is 0.603 bits per heavy atom. The largest absolute Gasteiger partial charge is 0.466 e. The van der Waals surface area contributed by atoms with Crippen molar-refractivity contribution < 1.29 is 24.5 Å². The highest BCUT2D eigenvalue weighted by atomic mass is 16.5. The Labute approximate surface area is 488 Å². The number of hydrogen-bond donors (Lipinski definition) is 3. The fourth-order valence-electron chi connectivity index (χ4n) is 11.3. The van der Waals surface area contributed by atoms with Crippen LogP contribution in [0.2, 0.25) is 0 Å². The molecule has 78 heavy (non-hydrogen) atoms. The molecule has 0 aliphatic carbocycles. The maximum absolute atomic E-state index is 12.5. The molecule has 0 rings (SSSR count). The van der Waals surface area contributed by atoms with E-state index in [-0.39, 0.29) is 18.5 Å². The first-order chi connectivity index (χ1) is 38.5. The minimum Gasteiger partial charge on any atom is -0.466 e. The number of allylic oxidation sites excluding steroid dienone is 3. The van der Waals surface area contributed by atoms with Crippen LogP contribution in [-0.2, 0) is 14.3 Å². The van der Waals surface area contributed by atoms with Gasteiger partial charge in [0.2, 0.25) is 5.91 Å². The summed E-state index contributed by atoms with van der Waals surface area (Å²) in [5.41, 5.74) is 0. The number of amides is 1. The number of esters is 1. The summed E-state index contributed by atoms with van der Waals surface area (Å²) in [4.78, 5) is 24.6. The minimum absolute atomic E-state index is 0.0212. The Morgan fingerprint density at radius 3 is 0.910 bits per heavy atom. The molecule has 0 aliphatic rings. The first-order valence-corrected chi connectivity index (χ1v) is 35.6. The number of rotatable bonds is 67. The van der Waals surface area contributed by atoms with Crippen LogP contribution >= 0.6 is 0 Å². The van der Waals surface area contributed by atoms with E-state index in [2.05, 4.69) is 31.3 Å². The predicted molar refractivity (Wildman–Crippen MR) is 343 cm³/mol. The Hall–Kier alpha value is -1.66. The Bertz CT molecular complexity index is 1220. The van der Waals surface area contributed by atoms with E-state index in [1.807, 2.05) is 6.08 Å². The molecule has 0 saturated heterocycles. The van der Waals surface area contributed by atoms with E-state index in [1.54, 1.807) is 6.08 Å². The molecule has 0 spiro atoms. The van der Waals surface area contributed by atoms with Crippen LogP contribution in [0.5, 0.6) is 0 Å². The van der Waals surface area contributed by atoms with Gasteiger partial charge >= 0.3 is 5.97 Å². The topological polar surface area (TPSA) is 95.9 Å². The third-order valence-corrected chi connectivity index (χ3v) is 16.7. The van der Waals surface area contributed by atoms with Gasteiger partial charge in [-0.25, -0.2) is 0 Å². The number of ether oxygens (including phenoxy) is 1. The molecule has 0 heterocycles. The molecule has 0 aliphatic heterocycles. The van der Waals surface area contributed by atoms with Gasteiger partial charge < -0.3 is 20.3 Å². The van der Waals surface area contributed by atoms with Gasteiger partial charge in [-0.2, -0.15) is 0 Å². The van der Waals surface area contributed by atoms with Crippen LogP contribution in [0.4, 0.5) is 0 Å². The highest BCUT2D eigenvalue weighted by molar-refractivity contribution is 5.76. The molecule has 462 valence electrons. The zero-order chi connectivity index (χ0) is 56.4. The molecule has 6 heteroatoms. The number of aliphatic hydroxyl groups excluding tert-OH is 2. The lowest BCUT2D eigenvalue weighted by Gasteiger charge is -2.20. The first-order valence-electron chi connectivity index (χ1n) is 35.6. The third-order valence-electron chi connectivity index (χ3n) is 16.7. The zero-order valence-electron chi connectivity index (χ0n) is 52.9. The molecule has 0 radical (unpaired) electrons. The lowest BCUT2D eigenvalue weighted by Crippen LogP contribution is -2.45. The van der Waals surface area contributed by atoms with E-state index < -0.39 is 12.1 Å². The van der Waals surface area contributed by atoms with Crippen molar-refractivity contribution in [2.75, 3.05) is 13.2 Å². The van der Waals surface area contributed by atoms with Crippen molar-refractivity contribution in [3.05, 3.63) is 24.3 Å². The summed E-state index contributed by atoms with van der Waals surface area (Å²) in [7, 11) is 0. The van der Waals surface area contributed by atoms with Crippen LogP contribution in [0, 0.1) is 0 Å². The number of carbonyl (C=O) groups excluding carboxylic acids is 2. The van der Waals surface area contributed by atoms with Gasteiger partial charge in [-0.05, 0) is 57.8 Å². The van der Waals surface area contributed by atoms with Crippen LogP contribution in [0.1, 0.15) is 399 Å². The van der Waals surface area contributed by atoms with E-state index in [0.717, 1.165) is 38.5 Å². The van der Waals surface area contributed by atoms with E-state index in [1.165, 1.54) is 334 Å². The van der Waals surface area contributed by atoms with Crippen molar-refractivity contribution in [3.63, 3.8) is 0 Å². The van der Waals surface area contributed by atoms with E-state index in [4.69, 9.17) is 4.74 Å². The summed E-state index contributed by atoms with van der Waals surface area (Å²) in [6.45, 7) is 4.94. The molecule has 2 unspecified atom stereocenters. The van der Waals surface area contributed by atoms with Crippen LogP contribution in [0.15, 0.2) is 24.3 Å². The molecule has 0 fully saturated rings. The summed E-state index contributed by atoms with van der Waals surface area (Å²) in [5, 5.41) is 23.1. The quantitative estimate of drug-likeness (QED) is 0.0320. The van der Waals surface area contributed by atoms with Gasteiger partial charge in [0.25, 0.3) is 0 Å². The van der Waals surface area contributed by atoms with Crippen molar-refractivity contribution in [3.8, 4) is 0 Å². The fraction of sp³-hybridized carbons (Fsp3) is 0.917. The standard InChI is InChI=1S/C72H139NO5/c1-3-5-7-9-11-13-15-17-19-20-35-38-42-46-50-54-58-62-66-72(77)78-67-63-59-55-51-47-43-39-36-33-31-29-27-25-23-21-22-24-26-28-30-32-34-37-41-45-49-53-57-61-65-71(76)73-69(68-74)70(75)64-60-56-52-48-44-40-18-16-14-12-10-8-6-4-2/h21,23,60,64,69-70,74-75H,3-20,22,24-59,61-63,65-68H2,1-2H3,(H,73,76)/b23-21-,64-60+.